The highest BCUT2D eigenvalue weighted by Crippen LogP contribution is 2.26. The van der Waals surface area contributed by atoms with Gasteiger partial charge in [-0.1, -0.05) is 36.4 Å². The standard InChI is InChI=1S/C24H29N3O2/c1-18(20-9-4-6-12-23(20)29-2)25-24(28)17-27-16-19(15-26-13-7-8-14-26)21-10-3-5-11-22(21)27/h3-6,9-12,16,18H,7-8,13-15,17H2,1-2H3,(H,25,28)/t18-/m0/s1. The number of hydrogen-bond donors (Lipinski definition) is 1. The lowest BCUT2D eigenvalue weighted by molar-refractivity contribution is -0.122. The van der Waals surface area contributed by atoms with Crippen molar-refractivity contribution in [2.75, 3.05) is 20.2 Å². The van der Waals surface area contributed by atoms with Crippen LogP contribution in [0.2, 0.25) is 0 Å². The summed E-state index contributed by atoms with van der Waals surface area (Å²) in [6, 6.07) is 16.1. The minimum Gasteiger partial charge on any atom is -0.496 e. The molecule has 1 aromatic heterocycles. The fraction of sp³-hybridized carbons (Fsp3) is 0.375. The van der Waals surface area contributed by atoms with Crippen molar-refractivity contribution < 1.29 is 9.53 Å². The van der Waals surface area contributed by atoms with Crippen molar-refractivity contribution in [3.8, 4) is 5.75 Å². The third kappa shape index (κ3) is 4.30. The summed E-state index contributed by atoms with van der Waals surface area (Å²) in [5.41, 5.74) is 3.39. The predicted molar refractivity (Wildman–Crippen MR) is 116 cm³/mol. The number of benzene rings is 2. The lowest BCUT2D eigenvalue weighted by atomic mass is 10.1. The Bertz CT molecular complexity index is 989. The molecule has 5 heteroatoms. The van der Waals surface area contributed by atoms with Gasteiger partial charge in [-0.25, -0.2) is 0 Å². The van der Waals surface area contributed by atoms with Crippen LogP contribution in [0.4, 0.5) is 0 Å². The molecule has 0 unspecified atom stereocenters. The number of rotatable bonds is 7. The van der Waals surface area contributed by atoms with Gasteiger partial charge in [-0.2, -0.15) is 0 Å². The van der Waals surface area contributed by atoms with Crippen LogP contribution in [0.5, 0.6) is 5.75 Å². The molecule has 4 rings (SSSR count). The number of carbonyl (C=O) groups is 1. The maximum absolute atomic E-state index is 12.8. The van der Waals surface area contributed by atoms with E-state index in [1.54, 1.807) is 7.11 Å². The molecule has 0 aliphatic carbocycles. The molecule has 0 spiro atoms. The number of methoxy groups -OCH3 is 1. The molecule has 1 fully saturated rings. The van der Waals surface area contributed by atoms with Gasteiger partial charge in [-0.15, -0.1) is 0 Å². The molecule has 0 bridgehead atoms. The van der Waals surface area contributed by atoms with Crippen molar-refractivity contribution in [3.63, 3.8) is 0 Å². The van der Waals surface area contributed by atoms with Crippen molar-refractivity contribution >= 4 is 16.8 Å². The van der Waals surface area contributed by atoms with Gasteiger partial charge in [0.2, 0.25) is 5.91 Å². The van der Waals surface area contributed by atoms with Gasteiger partial charge < -0.3 is 14.6 Å². The number of likely N-dealkylation sites (tertiary alicyclic amines) is 1. The van der Waals surface area contributed by atoms with E-state index in [-0.39, 0.29) is 11.9 Å². The van der Waals surface area contributed by atoms with E-state index in [2.05, 4.69) is 39.2 Å². The van der Waals surface area contributed by atoms with Crippen molar-refractivity contribution in [3.05, 3.63) is 65.9 Å². The molecule has 0 radical (unpaired) electrons. The lowest BCUT2D eigenvalue weighted by Gasteiger charge is -2.17. The van der Waals surface area contributed by atoms with Crippen molar-refractivity contribution in [1.29, 1.82) is 0 Å². The fourth-order valence-electron chi connectivity index (χ4n) is 4.31. The first kappa shape index (κ1) is 19.5. The van der Waals surface area contributed by atoms with Crippen LogP contribution in [-0.2, 0) is 17.9 Å². The van der Waals surface area contributed by atoms with Crippen LogP contribution in [0.25, 0.3) is 10.9 Å². The normalized spacial score (nSPS) is 15.5. The smallest absolute Gasteiger partial charge is 0.240 e. The summed E-state index contributed by atoms with van der Waals surface area (Å²) < 4.78 is 7.50. The number of ether oxygens (including phenoxy) is 1. The quantitative estimate of drug-likeness (QED) is 0.659. The molecular formula is C24H29N3O2. The number of nitrogens with one attached hydrogen (secondary N) is 1. The maximum Gasteiger partial charge on any atom is 0.240 e. The highest BCUT2D eigenvalue weighted by molar-refractivity contribution is 5.86. The summed E-state index contributed by atoms with van der Waals surface area (Å²) in [6.45, 7) is 5.57. The Labute approximate surface area is 172 Å². The molecule has 3 aromatic rings. The van der Waals surface area contributed by atoms with E-state index in [1.165, 1.54) is 23.8 Å². The van der Waals surface area contributed by atoms with Gasteiger partial charge in [0.15, 0.2) is 0 Å². The summed E-state index contributed by atoms with van der Waals surface area (Å²) in [6.07, 6.45) is 4.71. The summed E-state index contributed by atoms with van der Waals surface area (Å²) >= 11 is 0. The van der Waals surface area contributed by atoms with E-state index in [9.17, 15) is 4.79 Å². The Morgan fingerprint density at radius 3 is 2.62 bits per heavy atom. The van der Waals surface area contributed by atoms with E-state index >= 15 is 0 Å². The van der Waals surface area contributed by atoms with Crippen LogP contribution in [-0.4, -0.2) is 35.6 Å². The van der Waals surface area contributed by atoms with Crippen LogP contribution >= 0.6 is 0 Å². The first-order chi connectivity index (χ1) is 14.2. The molecule has 1 atom stereocenters. The number of amides is 1. The van der Waals surface area contributed by atoms with Crippen LogP contribution in [0, 0.1) is 0 Å². The molecule has 5 nitrogen and oxygen atoms in total. The average molecular weight is 392 g/mol. The van der Waals surface area contributed by atoms with Gasteiger partial charge in [0.05, 0.1) is 13.2 Å². The highest BCUT2D eigenvalue weighted by atomic mass is 16.5. The Morgan fingerprint density at radius 2 is 1.83 bits per heavy atom. The van der Waals surface area contributed by atoms with Gasteiger partial charge >= 0.3 is 0 Å². The molecule has 152 valence electrons. The summed E-state index contributed by atoms with van der Waals surface area (Å²) in [4.78, 5) is 15.3. The van der Waals surface area contributed by atoms with E-state index in [1.807, 2.05) is 37.3 Å². The van der Waals surface area contributed by atoms with Crippen LogP contribution in [0.1, 0.15) is 36.9 Å². The van der Waals surface area contributed by atoms with E-state index < -0.39 is 0 Å². The lowest BCUT2D eigenvalue weighted by Crippen LogP contribution is -2.30. The molecule has 2 heterocycles. The highest BCUT2D eigenvalue weighted by Gasteiger charge is 2.18. The minimum absolute atomic E-state index is 0.00289. The molecule has 2 aromatic carbocycles. The van der Waals surface area contributed by atoms with Crippen LogP contribution in [0.3, 0.4) is 0 Å². The second-order valence-electron chi connectivity index (χ2n) is 7.81. The molecule has 29 heavy (non-hydrogen) atoms. The van der Waals surface area contributed by atoms with Crippen LogP contribution in [0.15, 0.2) is 54.7 Å². The van der Waals surface area contributed by atoms with Gasteiger partial charge in [0.1, 0.15) is 12.3 Å². The molecule has 1 aliphatic rings. The van der Waals surface area contributed by atoms with Gasteiger partial charge in [-0.3, -0.25) is 9.69 Å². The summed E-state index contributed by atoms with van der Waals surface area (Å²) in [5.74, 6) is 0.788. The van der Waals surface area contributed by atoms with Crippen molar-refractivity contribution in [2.24, 2.45) is 0 Å². The number of nitrogens with zero attached hydrogens (tertiary/aromatic N) is 2. The van der Waals surface area contributed by atoms with E-state index in [0.29, 0.717) is 6.54 Å². The minimum atomic E-state index is -0.121. The third-order valence-electron chi connectivity index (χ3n) is 5.76. The van der Waals surface area contributed by atoms with Crippen molar-refractivity contribution in [1.82, 2.24) is 14.8 Å². The number of para-hydroxylation sites is 2. The number of hydrogen-bond acceptors (Lipinski definition) is 3. The van der Waals surface area contributed by atoms with Crippen molar-refractivity contribution in [2.45, 2.75) is 38.9 Å². The zero-order valence-corrected chi connectivity index (χ0v) is 17.2. The zero-order chi connectivity index (χ0) is 20.2. The molecule has 1 N–H and O–H groups in total. The van der Waals surface area contributed by atoms with Gasteiger partial charge in [0, 0.05) is 29.2 Å². The Morgan fingerprint density at radius 1 is 1.10 bits per heavy atom. The average Bonchev–Trinajstić information content (AvgIpc) is 3.37. The predicted octanol–water partition coefficient (Wildman–Crippen LogP) is 4.12. The van der Waals surface area contributed by atoms with Gasteiger partial charge in [0.25, 0.3) is 0 Å². The molecule has 1 saturated heterocycles. The van der Waals surface area contributed by atoms with E-state index in [0.717, 1.165) is 36.5 Å². The monoisotopic (exact) mass is 391 g/mol. The Kier molecular flexibility index (Phi) is 5.86. The molecule has 1 amide bonds. The van der Waals surface area contributed by atoms with E-state index in [4.69, 9.17) is 4.74 Å². The number of carbonyl (C=O) groups excluding carboxylic acids is 1. The summed E-state index contributed by atoms with van der Waals surface area (Å²) in [7, 11) is 1.65. The first-order valence-corrected chi connectivity index (χ1v) is 10.4. The molecule has 1 aliphatic heterocycles. The Balaban J connectivity index is 1.50. The molecular weight excluding hydrogens is 362 g/mol. The number of aromatic nitrogens is 1. The first-order valence-electron chi connectivity index (χ1n) is 10.4. The summed E-state index contributed by atoms with van der Waals surface area (Å²) in [5, 5.41) is 4.36. The topological polar surface area (TPSA) is 46.5 Å². The SMILES string of the molecule is COc1ccccc1[C@H](C)NC(=O)Cn1cc(CN2CCCC2)c2ccccc21. The molecule has 0 saturated carbocycles. The maximum atomic E-state index is 12.8. The fourth-order valence-corrected chi connectivity index (χ4v) is 4.31. The largest absolute Gasteiger partial charge is 0.496 e. The van der Waals surface area contributed by atoms with Gasteiger partial charge in [-0.05, 0) is 50.6 Å². The Hall–Kier alpha value is -2.79. The van der Waals surface area contributed by atoms with Crippen LogP contribution < -0.4 is 10.1 Å². The number of fused-ring (bicyclic) bond motifs is 1. The second-order valence-corrected chi connectivity index (χ2v) is 7.81. The second kappa shape index (κ2) is 8.70. The third-order valence-corrected chi connectivity index (χ3v) is 5.76. The zero-order valence-electron chi connectivity index (χ0n) is 17.2.